The van der Waals surface area contributed by atoms with Crippen molar-refractivity contribution in [2.24, 2.45) is 0 Å². The first-order valence-corrected chi connectivity index (χ1v) is 12.6. The molecule has 0 atom stereocenters. The number of carboxylic acid groups (broad SMARTS) is 1. The van der Waals surface area contributed by atoms with E-state index in [1.54, 1.807) is 58.0 Å². The topological polar surface area (TPSA) is 116 Å². The van der Waals surface area contributed by atoms with Gasteiger partial charge in [-0.3, -0.25) is 4.79 Å². The summed E-state index contributed by atoms with van der Waals surface area (Å²) in [4.78, 5) is 45.4. The SMILES string of the molecule is COC(=O)c1ccc(CCC(=O)OC(C)(C)C)c(C)c1.Cc1cc(C(=O)O)ccc1/C=C/C(=O)OC(C)(C)C. The van der Waals surface area contributed by atoms with Crippen LogP contribution in [0, 0.1) is 13.8 Å². The van der Waals surface area contributed by atoms with Crippen LogP contribution in [0.3, 0.4) is 0 Å². The van der Waals surface area contributed by atoms with Crippen LogP contribution in [0.5, 0.6) is 0 Å². The highest BCUT2D eigenvalue weighted by Crippen LogP contribution is 2.16. The number of carbonyl (C=O) groups excluding carboxylic acids is 3. The lowest BCUT2D eigenvalue weighted by Crippen LogP contribution is -2.24. The van der Waals surface area contributed by atoms with Crippen LogP contribution < -0.4 is 0 Å². The number of rotatable bonds is 7. The van der Waals surface area contributed by atoms with Gasteiger partial charge in [0.05, 0.1) is 18.2 Å². The largest absolute Gasteiger partial charge is 0.478 e. The van der Waals surface area contributed by atoms with Crippen LogP contribution in [0.15, 0.2) is 42.5 Å². The van der Waals surface area contributed by atoms with Crippen LogP contribution in [-0.4, -0.2) is 47.3 Å². The van der Waals surface area contributed by atoms with Gasteiger partial charge in [0.1, 0.15) is 11.2 Å². The minimum absolute atomic E-state index is 0.214. The van der Waals surface area contributed by atoms with Gasteiger partial charge in [0.25, 0.3) is 0 Å². The number of esters is 3. The first kappa shape index (κ1) is 33.1. The van der Waals surface area contributed by atoms with Gasteiger partial charge in [-0.15, -0.1) is 0 Å². The van der Waals surface area contributed by atoms with Gasteiger partial charge in [0.15, 0.2) is 0 Å². The van der Waals surface area contributed by atoms with E-state index in [0.717, 1.165) is 22.3 Å². The normalized spacial score (nSPS) is 11.3. The maximum absolute atomic E-state index is 11.7. The second-order valence-corrected chi connectivity index (χ2v) is 11.0. The van der Waals surface area contributed by atoms with Gasteiger partial charge in [-0.25, -0.2) is 14.4 Å². The number of benzene rings is 2. The van der Waals surface area contributed by atoms with Gasteiger partial charge in [0, 0.05) is 12.5 Å². The molecule has 0 saturated heterocycles. The minimum Gasteiger partial charge on any atom is -0.478 e. The fourth-order valence-electron chi connectivity index (χ4n) is 3.34. The molecule has 1 N–H and O–H groups in total. The van der Waals surface area contributed by atoms with Crippen LogP contribution in [0.4, 0.5) is 0 Å². The van der Waals surface area contributed by atoms with Gasteiger partial charge in [0.2, 0.25) is 0 Å². The number of hydrogen-bond donors (Lipinski definition) is 1. The number of aromatic carboxylic acids is 1. The van der Waals surface area contributed by atoms with E-state index in [4.69, 9.17) is 14.6 Å². The van der Waals surface area contributed by atoms with Crippen molar-refractivity contribution < 1.29 is 38.5 Å². The molecule has 2 aromatic rings. The van der Waals surface area contributed by atoms with Crippen LogP contribution >= 0.6 is 0 Å². The van der Waals surface area contributed by atoms with Gasteiger partial charge in [-0.05, 0) is 114 Å². The van der Waals surface area contributed by atoms with Gasteiger partial charge in [-0.2, -0.15) is 0 Å². The Kier molecular flexibility index (Phi) is 12.1. The Labute approximate surface area is 231 Å². The predicted molar refractivity (Wildman–Crippen MR) is 150 cm³/mol. The third-order valence-electron chi connectivity index (χ3n) is 5.10. The molecule has 0 aromatic heterocycles. The van der Waals surface area contributed by atoms with Crippen molar-refractivity contribution in [3.63, 3.8) is 0 Å². The van der Waals surface area contributed by atoms with E-state index >= 15 is 0 Å². The zero-order chi connectivity index (χ0) is 30.0. The third kappa shape index (κ3) is 12.9. The number of carboxylic acids is 1. The number of ether oxygens (including phenoxy) is 3. The van der Waals surface area contributed by atoms with Crippen molar-refractivity contribution in [2.75, 3.05) is 7.11 Å². The number of carbonyl (C=O) groups is 4. The molecule has 0 radical (unpaired) electrons. The van der Waals surface area contributed by atoms with E-state index in [-0.39, 0.29) is 17.5 Å². The summed E-state index contributed by atoms with van der Waals surface area (Å²) in [5.41, 5.74) is 3.35. The molecule has 0 aliphatic carbocycles. The third-order valence-corrected chi connectivity index (χ3v) is 5.10. The molecule has 8 heteroatoms. The maximum Gasteiger partial charge on any atom is 0.337 e. The van der Waals surface area contributed by atoms with E-state index in [9.17, 15) is 19.2 Å². The number of methoxy groups -OCH3 is 1. The van der Waals surface area contributed by atoms with E-state index < -0.39 is 23.1 Å². The number of aryl methyl sites for hydroxylation is 3. The summed E-state index contributed by atoms with van der Waals surface area (Å²) in [5.74, 6) is -1.96. The van der Waals surface area contributed by atoms with Crippen molar-refractivity contribution in [3.05, 3.63) is 75.9 Å². The van der Waals surface area contributed by atoms with Gasteiger partial charge >= 0.3 is 23.9 Å². The average Bonchev–Trinajstić information content (AvgIpc) is 2.80. The zero-order valence-electron chi connectivity index (χ0n) is 24.3. The van der Waals surface area contributed by atoms with Crippen molar-refractivity contribution in [3.8, 4) is 0 Å². The molecule has 2 aromatic carbocycles. The molecule has 0 aliphatic heterocycles. The first-order chi connectivity index (χ1) is 17.9. The highest BCUT2D eigenvalue weighted by Gasteiger charge is 2.17. The summed E-state index contributed by atoms with van der Waals surface area (Å²) in [5, 5.41) is 8.85. The minimum atomic E-state index is -0.967. The molecule has 0 heterocycles. The summed E-state index contributed by atoms with van der Waals surface area (Å²) in [6.45, 7) is 14.6. The van der Waals surface area contributed by atoms with Crippen molar-refractivity contribution in [1.82, 2.24) is 0 Å². The van der Waals surface area contributed by atoms with Gasteiger partial charge in [-0.1, -0.05) is 12.1 Å². The summed E-state index contributed by atoms with van der Waals surface area (Å²) < 4.78 is 15.1. The second kappa shape index (κ2) is 14.3. The van der Waals surface area contributed by atoms with E-state index in [2.05, 4.69) is 4.74 Å². The Morgan fingerprint density at radius 1 is 0.821 bits per heavy atom. The lowest BCUT2D eigenvalue weighted by Gasteiger charge is -2.19. The molecule has 0 aliphatic rings. The lowest BCUT2D eigenvalue weighted by molar-refractivity contribution is -0.154. The van der Waals surface area contributed by atoms with Crippen LogP contribution in [0.25, 0.3) is 6.08 Å². The van der Waals surface area contributed by atoms with Crippen LogP contribution in [0.2, 0.25) is 0 Å². The van der Waals surface area contributed by atoms with E-state index in [1.165, 1.54) is 19.3 Å². The molecule has 0 amide bonds. The quantitative estimate of drug-likeness (QED) is 0.254. The van der Waals surface area contributed by atoms with Crippen molar-refractivity contribution in [1.29, 1.82) is 0 Å². The molecule has 0 fully saturated rings. The summed E-state index contributed by atoms with van der Waals surface area (Å²) in [6.07, 6.45) is 3.89. The first-order valence-electron chi connectivity index (χ1n) is 12.6. The Hall–Kier alpha value is -3.94. The molecule has 0 bridgehead atoms. The van der Waals surface area contributed by atoms with Crippen molar-refractivity contribution >= 4 is 30.0 Å². The standard InChI is InChI=1S/C16H22O4.C15H18O4/c1-11-10-13(15(18)19-5)7-6-12(11)8-9-14(17)20-16(2,3)4;1-10-9-12(14(17)18)6-5-11(10)7-8-13(16)19-15(2,3)4/h6-7,10H,8-9H2,1-5H3;5-9H,1-4H3,(H,17,18)/b;8-7+. The van der Waals surface area contributed by atoms with Crippen molar-refractivity contribution in [2.45, 2.75) is 79.4 Å². The lowest BCUT2D eigenvalue weighted by atomic mass is 10.0. The highest BCUT2D eigenvalue weighted by atomic mass is 16.6. The molecule has 8 nitrogen and oxygen atoms in total. The summed E-state index contributed by atoms with van der Waals surface area (Å²) in [6, 6.07) is 10.1. The van der Waals surface area contributed by atoms with E-state index in [1.807, 2.05) is 33.8 Å². The predicted octanol–water partition coefficient (Wildman–Crippen LogP) is 6.10. The average molecular weight is 541 g/mol. The molecule has 0 spiro atoms. The molecule has 0 saturated carbocycles. The Balaban J connectivity index is 0.000000391. The van der Waals surface area contributed by atoms with Crippen LogP contribution in [0.1, 0.15) is 90.9 Å². The molecule has 0 unspecified atom stereocenters. The fraction of sp³-hybridized carbons (Fsp3) is 0.419. The second-order valence-electron chi connectivity index (χ2n) is 11.0. The van der Waals surface area contributed by atoms with Gasteiger partial charge < -0.3 is 19.3 Å². The summed E-state index contributed by atoms with van der Waals surface area (Å²) >= 11 is 0. The number of hydrogen-bond acceptors (Lipinski definition) is 7. The highest BCUT2D eigenvalue weighted by molar-refractivity contribution is 5.90. The maximum atomic E-state index is 11.7. The smallest absolute Gasteiger partial charge is 0.337 e. The fourth-order valence-corrected chi connectivity index (χ4v) is 3.34. The zero-order valence-corrected chi connectivity index (χ0v) is 24.3. The monoisotopic (exact) mass is 540 g/mol. The molecule has 2 rings (SSSR count). The summed E-state index contributed by atoms with van der Waals surface area (Å²) in [7, 11) is 1.36. The Morgan fingerprint density at radius 3 is 1.87 bits per heavy atom. The molecule has 212 valence electrons. The molecular weight excluding hydrogens is 500 g/mol. The van der Waals surface area contributed by atoms with Crippen LogP contribution in [-0.2, 0) is 30.2 Å². The molecular formula is C31H40O8. The Morgan fingerprint density at radius 2 is 1.38 bits per heavy atom. The Bertz CT molecular complexity index is 1210. The van der Waals surface area contributed by atoms with E-state index in [0.29, 0.717) is 18.4 Å². The molecule has 39 heavy (non-hydrogen) atoms.